The molecule has 1 aromatic heterocycles. The molecule has 0 aliphatic rings. The number of methoxy groups -OCH3 is 1. The van der Waals surface area contributed by atoms with E-state index in [1.807, 2.05) is 6.92 Å². The molecule has 0 saturated heterocycles. The van der Waals surface area contributed by atoms with Crippen LogP contribution in [0.25, 0.3) is 0 Å². The average molecular weight is 229 g/mol. The van der Waals surface area contributed by atoms with Gasteiger partial charge in [0, 0.05) is 29.4 Å². The largest absolute Gasteiger partial charge is 0.481 e. The summed E-state index contributed by atoms with van der Waals surface area (Å²) in [6.45, 7) is 2.51. The van der Waals surface area contributed by atoms with Gasteiger partial charge in [-0.1, -0.05) is 0 Å². The zero-order chi connectivity index (χ0) is 11.3. The Kier molecular flexibility index (Phi) is 4.48. The first-order valence-corrected chi connectivity index (χ1v) is 6.27. The van der Waals surface area contributed by atoms with Crippen LogP contribution in [0, 0.1) is 6.92 Å². The molecule has 0 aliphatic heterocycles. The van der Waals surface area contributed by atoms with E-state index in [2.05, 4.69) is 15.3 Å². The van der Waals surface area contributed by atoms with Gasteiger partial charge in [0.25, 0.3) is 0 Å². The van der Waals surface area contributed by atoms with Gasteiger partial charge in [-0.2, -0.15) is 0 Å². The number of rotatable bonds is 5. The normalized spacial score (nSPS) is 12.2. The minimum absolute atomic E-state index is 0.560. The molecule has 1 atom stereocenters. The monoisotopic (exact) mass is 229 g/mol. The molecule has 6 heteroatoms. The molecule has 0 saturated carbocycles. The highest BCUT2D eigenvalue weighted by atomic mass is 32.2. The molecule has 15 heavy (non-hydrogen) atoms. The van der Waals surface area contributed by atoms with Gasteiger partial charge >= 0.3 is 0 Å². The van der Waals surface area contributed by atoms with Crippen molar-refractivity contribution in [2.45, 2.75) is 6.92 Å². The molecule has 1 N–H and O–H groups in total. The molecule has 5 nitrogen and oxygen atoms in total. The third-order valence-corrected chi connectivity index (χ3v) is 2.69. The van der Waals surface area contributed by atoms with Crippen LogP contribution in [0.5, 0.6) is 5.88 Å². The van der Waals surface area contributed by atoms with Crippen molar-refractivity contribution in [3.8, 4) is 5.88 Å². The molecular formula is C9H15N3O2S. The van der Waals surface area contributed by atoms with Crippen molar-refractivity contribution in [1.29, 1.82) is 0 Å². The van der Waals surface area contributed by atoms with E-state index in [1.54, 1.807) is 13.4 Å². The fourth-order valence-corrected chi connectivity index (χ4v) is 1.52. The molecule has 1 unspecified atom stereocenters. The van der Waals surface area contributed by atoms with E-state index >= 15 is 0 Å². The molecule has 0 aliphatic carbocycles. The van der Waals surface area contributed by atoms with Gasteiger partial charge in [-0.3, -0.25) is 4.21 Å². The van der Waals surface area contributed by atoms with Crippen molar-refractivity contribution in [3.05, 3.63) is 11.9 Å². The van der Waals surface area contributed by atoms with Gasteiger partial charge in [0.15, 0.2) is 0 Å². The number of hydrogen-bond acceptors (Lipinski definition) is 5. The summed E-state index contributed by atoms with van der Waals surface area (Å²) in [5.74, 6) is 1.89. The van der Waals surface area contributed by atoms with E-state index in [9.17, 15) is 4.21 Å². The molecule has 0 spiro atoms. The van der Waals surface area contributed by atoms with Crippen LogP contribution in [0.3, 0.4) is 0 Å². The lowest BCUT2D eigenvalue weighted by Crippen LogP contribution is -2.12. The molecule has 0 amide bonds. The highest BCUT2D eigenvalue weighted by Crippen LogP contribution is 2.19. The molecule has 0 bridgehead atoms. The van der Waals surface area contributed by atoms with E-state index in [0.717, 1.165) is 11.4 Å². The molecular weight excluding hydrogens is 214 g/mol. The van der Waals surface area contributed by atoms with E-state index in [4.69, 9.17) is 4.74 Å². The van der Waals surface area contributed by atoms with Crippen LogP contribution in [0.2, 0.25) is 0 Å². The van der Waals surface area contributed by atoms with Crippen molar-refractivity contribution >= 4 is 16.6 Å². The first-order chi connectivity index (χ1) is 7.15. The van der Waals surface area contributed by atoms with Gasteiger partial charge in [0.1, 0.15) is 12.1 Å². The molecule has 0 radical (unpaired) electrons. The van der Waals surface area contributed by atoms with Gasteiger partial charge in [0.05, 0.1) is 12.7 Å². The lowest BCUT2D eigenvalue weighted by Gasteiger charge is -2.09. The van der Waals surface area contributed by atoms with Crippen molar-refractivity contribution in [2.75, 3.05) is 31.0 Å². The van der Waals surface area contributed by atoms with Gasteiger partial charge in [0.2, 0.25) is 5.88 Å². The van der Waals surface area contributed by atoms with Crippen molar-refractivity contribution < 1.29 is 8.95 Å². The van der Waals surface area contributed by atoms with E-state index in [0.29, 0.717) is 18.2 Å². The van der Waals surface area contributed by atoms with Crippen LogP contribution in [0.1, 0.15) is 5.56 Å². The Labute approximate surface area is 91.7 Å². The summed E-state index contributed by atoms with van der Waals surface area (Å²) in [6, 6.07) is 0. The van der Waals surface area contributed by atoms with Crippen molar-refractivity contribution in [3.63, 3.8) is 0 Å². The lowest BCUT2D eigenvalue weighted by atomic mass is 10.3. The Morgan fingerprint density at radius 2 is 2.27 bits per heavy atom. The fraction of sp³-hybridized carbons (Fsp3) is 0.556. The number of aromatic nitrogens is 2. The van der Waals surface area contributed by atoms with E-state index in [-0.39, 0.29) is 0 Å². The van der Waals surface area contributed by atoms with Crippen LogP contribution in [-0.4, -0.2) is 39.8 Å². The Hall–Kier alpha value is -1.17. The van der Waals surface area contributed by atoms with Crippen LogP contribution < -0.4 is 10.1 Å². The molecule has 1 rings (SSSR count). The maximum absolute atomic E-state index is 10.9. The van der Waals surface area contributed by atoms with Gasteiger partial charge in [-0.25, -0.2) is 9.97 Å². The standard InChI is InChI=1S/C9H15N3O2S/c1-7-8(10-4-5-15(3)13)11-6-12-9(7)14-2/h6H,4-5H2,1-3H3,(H,10,11,12). The summed E-state index contributed by atoms with van der Waals surface area (Å²) in [7, 11) is 0.780. The Morgan fingerprint density at radius 3 is 2.87 bits per heavy atom. The highest BCUT2D eigenvalue weighted by molar-refractivity contribution is 7.84. The first-order valence-electron chi connectivity index (χ1n) is 4.54. The topological polar surface area (TPSA) is 64.1 Å². The smallest absolute Gasteiger partial charge is 0.221 e. The average Bonchev–Trinajstić information content (AvgIpc) is 2.20. The fourth-order valence-electron chi connectivity index (χ4n) is 1.13. The maximum atomic E-state index is 10.9. The summed E-state index contributed by atoms with van der Waals surface area (Å²) >= 11 is 0. The van der Waals surface area contributed by atoms with Crippen LogP contribution in [0.4, 0.5) is 5.82 Å². The summed E-state index contributed by atoms with van der Waals surface area (Å²) in [6.07, 6.45) is 3.12. The summed E-state index contributed by atoms with van der Waals surface area (Å²) in [5.41, 5.74) is 0.863. The first kappa shape index (κ1) is 11.9. The predicted molar refractivity (Wildman–Crippen MR) is 60.7 cm³/mol. The second-order valence-electron chi connectivity index (χ2n) is 3.06. The van der Waals surface area contributed by atoms with Crippen molar-refractivity contribution in [2.24, 2.45) is 0 Å². The quantitative estimate of drug-likeness (QED) is 0.800. The number of nitrogens with zero attached hydrogens (tertiary/aromatic N) is 2. The number of hydrogen-bond donors (Lipinski definition) is 1. The van der Waals surface area contributed by atoms with Crippen LogP contribution in [0.15, 0.2) is 6.33 Å². The predicted octanol–water partition coefficient (Wildman–Crippen LogP) is 0.584. The minimum Gasteiger partial charge on any atom is -0.481 e. The highest BCUT2D eigenvalue weighted by Gasteiger charge is 2.06. The number of anilines is 1. The zero-order valence-electron chi connectivity index (χ0n) is 9.11. The number of ether oxygens (including phenoxy) is 1. The SMILES string of the molecule is COc1ncnc(NCCS(C)=O)c1C. The van der Waals surface area contributed by atoms with Crippen molar-refractivity contribution in [1.82, 2.24) is 9.97 Å². The zero-order valence-corrected chi connectivity index (χ0v) is 9.93. The second kappa shape index (κ2) is 5.65. The van der Waals surface area contributed by atoms with Gasteiger partial charge in [-0.05, 0) is 6.92 Å². The number of nitrogens with one attached hydrogen (secondary N) is 1. The van der Waals surface area contributed by atoms with Gasteiger partial charge in [-0.15, -0.1) is 0 Å². The molecule has 0 fully saturated rings. The van der Waals surface area contributed by atoms with Crippen LogP contribution >= 0.6 is 0 Å². The molecule has 1 heterocycles. The molecule has 0 aromatic carbocycles. The van der Waals surface area contributed by atoms with E-state index < -0.39 is 10.8 Å². The summed E-state index contributed by atoms with van der Waals surface area (Å²) in [5, 5.41) is 3.09. The second-order valence-corrected chi connectivity index (χ2v) is 4.62. The molecule has 1 aromatic rings. The lowest BCUT2D eigenvalue weighted by molar-refractivity contribution is 0.393. The minimum atomic E-state index is -0.790. The maximum Gasteiger partial charge on any atom is 0.221 e. The Bertz CT molecular complexity index is 357. The van der Waals surface area contributed by atoms with Crippen LogP contribution in [-0.2, 0) is 10.8 Å². The third kappa shape index (κ3) is 3.47. The van der Waals surface area contributed by atoms with Gasteiger partial charge < -0.3 is 10.1 Å². The summed E-state index contributed by atoms with van der Waals surface area (Å²) < 4.78 is 15.9. The third-order valence-electron chi connectivity index (χ3n) is 1.91. The Morgan fingerprint density at radius 1 is 1.53 bits per heavy atom. The summed E-state index contributed by atoms with van der Waals surface area (Å²) in [4.78, 5) is 8.05. The van der Waals surface area contributed by atoms with E-state index in [1.165, 1.54) is 6.33 Å². The molecule has 84 valence electrons. The Balaban J connectivity index is 2.64.